The molecule has 2 aromatic carbocycles. The summed E-state index contributed by atoms with van der Waals surface area (Å²) in [5, 5.41) is 11.4. The lowest BCUT2D eigenvalue weighted by Crippen LogP contribution is -2.53. The lowest BCUT2D eigenvalue weighted by Gasteiger charge is -2.44. The first-order valence-electron chi connectivity index (χ1n) is 18.2. The van der Waals surface area contributed by atoms with Gasteiger partial charge in [0.05, 0.1) is 12.1 Å². The van der Waals surface area contributed by atoms with Crippen LogP contribution < -0.4 is 4.74 Å². The van der Waals surface area contributed by atoms with Crippen LogP contribution in [0.5, 0.6) is 5.75 Å². The van der Waals surface area contributed by atoms with Crippen molar-refractivity contribution in [2.45, 2.75) is 162 Å². The van der Waals surface area contributed by atoms with E-state index in [-0.39, 0.29) is 29.9 Å². The van der Waals surface area contributed by atoms with E-state index in [0.29, 0.717) is 18.4 Å². The molecule has 4 atom stereocenters. The number of nitrogens with zero attached hydrogens (tertiary/aromatic N) is 2. The highest BCUT2D eigenvalue weighted by Crippen LogP contribution is 2.35. The van der Waals surface area contributed by atoms with Crippen LogP contribution in [0.3, 0.4) is 0 Å². The van der Waals surface area contributed by atoms with Gasteiger partial charge >= 0.3 is 12.2 Å². The molecule has 2 aliphatic heterocycles. The van der Waals surface area contributed by atoms with E-state index < -0.39 is 11.7 Å². The molecule has 2 saturated heterocycles. The highest BCUT2D eigenvalue weighted by molar-refractivity contribution is 5.69. The van der Waals surface area contributed by atoms with Crippen LogP contribution in [0, 0.1) is 0 Å². The van der Waals surface area contributed by atoms with Crippen molar-refractivity contribution in [1.29, 1.82) is 0 Å². The van der Waals surface area contributed by atoms with Crippen molar-refractivity contribution < 1.29 is 28.9 Å². The van der Waals surface area contributed by atoms with Gasteiger partial charge in [-0.15, -0.1) is 0 Å². The topological polar surface area (TPSA) is 88.5 Å². The first-order chi connectivity index (χ1) is 22.7. The fraction of sp³-hybridized carbons (Fsp3) is 0.650. The summed E-state index contributed by atoms with van der Waals surface area (Å²) in [4.78, 5) is 28.9. The van der Waals surface area contributed by atoms with Crippen LogP contribution in [0.1, 0.15) is 137 Å². The highest BCUT2D eigenvalue weighted by Gasteiger charge is 2.40. The molecule has 2 fully saturated rings. The van der Waals surface area contributed by atoms with Gasteiger partial charge in [-0.3, -0.25) is 4.90 Å². The minimum atomic E-state index is -0.803. The molecule has 2 amide bonds. The SMILES string of the molecule is CCC[C@H]1CCCCN1C(=O)OC(C)(C)C.CCC[C@H]1CCC[C@H]([C@H](O)c2cccc(OCc3ccccc3)c2)N1C(=O)OC(C)(C)C. The number of hydrogen-bond donors (Lipinski definition) is 1. The van der Waals surface area contributed by atoms with Crippen molar-refractivity contribution in [2.75, 3.05) is 6.54 Å². The maximum absolute atomic E-state index is 13.1. The monoisotopic (exact) mass is 666 g/mol. The number of aliphatic hydroxyl groups excluding tert-OH is 1. The van der Waals surface area contributed by atoms with Crippen LogP contribution in [0.4, 0.5) is 9.59 Å². The second-order valence-electron chi connectivity index (χ2n) is 15.2. The summed E-state index contributed by atoms with van der Waals surface area (Å²) in [6.45, 7) is 17.0. The first kappa shape index (κ1) is 39.2. The van der Waals surface area contributed by atoms with Gasteiger partial charge in [-0.05, 0) is 116 Å². The van der Waals surface area contributed by atoms with Gasteiger partial charge in [0.25, 0.3) is 0 Å². The predicted molar refractivity (Wildman–Crippen MR) is 192 cm³/mol. The number of rotatable bonds is 9. The smallest absolute Gasteiger partial charge is 0.410 e. The summed E-state index contributed by atoms with van der Waals surface area (Å²) in [7, 11) is 0. The number of benzene rings is 2. The van der Waals surface area contributed by atoms with E-state index in [9.17, 15) is 14.7 Å². The molecule has 8 heteroatoms. The molecule has 0 aliphatic carbocycles. The van der Waals surface area contributed by atoms with Gasteiger partial charge in [-0.2, -0.15) is 0 Å². The molecular weight excluding hydrogens is 604 g/mol. The zero-order valence-electron chi connectivity index (χ0n) is 30.9. The van der Waals surface area contributed by atoms with Crippen LogP contribution >= 0.6 is 0 Å². The van der Waals surface area contributed by atoms with Crippen molar-refractivity contribution in [2.24, 2.45) is 0 Å². The number of aliphatic hydroxyl groups is 1. The van der Waals surface area contributed by atoms with Crippen LogP contribution in [-0.4, -0.2) is 63.0 Å². The van der Waals surface area contributed by atoms with Gasteiger partial charge in [-0.25, -0.2) is 9.59 Å². The molecule has 0 saturated carbocycles. The Labute approximate surface area is 290 Å². The molecule has 2 aromatic rings. The predicted octanol–water partition coefficient (Wildman–Crippen LogP) is 9.83. The van der Waals surface area contributed by atoms with Crippen molar-refractivity contribution in [3.05, 3.63) is 65.7 Å². The molecule has 2 aliphatic rings. The summed E-state index contributed by atoms with van der Waals surface area (Å²) in [6.07, 6.45) is 8.99. The maximum atomic E-state index is 13.1. The van der Waals surface area contributed by atoms with Gasteiger partial charge in [-0.1, -0.05) is 69.2 Å². The summed E-state index contributed by atoms with van der Waals surface area (Å²) in [5.41, 5.74) is 0.882. The largest absolute Gasteiger partial charge is 0.489 e. The molecule has 0 bridgehead atoms. The zero-order chi connectivity index (χ0) is 35.3. The van der Waals surface area contributed by atoms with Crippen molar-refractivity contribution in [3.8, 4) is 5.75 Å². The normalized spacial score (nSPS) is 20.6. The van der Waals surface area contributed by atoms with E-state index >= 15 is 0 Å². The lowest BCUT2D eigenvalue weighted by molar-refractivity contribution is -0.0368. The maximum Gasteiger partial charge on any atom is 0.410 e. The van der Waals surface area contributed by atoms with Gasteiger partial charge in [0.2, 0.25) is 0 Å². The average Bonchev–Trinajstić information content (AvgIpc) is 3.03. The molecule has 0 unspecified atom stereocenters. The van der Waals surface area contributed by atoms with Crippen molar-refractivity contribution in [3.63, 3.8) is 0 Å². The van der Waals surface area contributed by atoms with Gasteiger partial charge in [0, 0.05) is 18.6 Å². The Morgan fingerprint density at radius 3 is 2.06 bits per heavy atom. The summed E-state index contributed by atoms with van der Waals surface area (Å²) in [6, 6.07) is 17.7. The fourth-order valence-corrected chi connectivity index (χ4v) is 6.58. The lowest BCUT2D eigenvalue weighted by atomic mass is 9.88. The first-order valence-corrected chi connectivity index (χ1v) is 18.2. The number of amides is 2. The van der Waals surface area contributed by atoms with Crippen molar-refractivity contribution in [1.82, 2.24) is 9.80 Å². The number of ether oxygens (including phenoxy) is 3. The summed E-state index contributed by atoms with van der Waals surface area (Å²) >= 11 is 0. The van der Waals surface area contributed by atoms with E-state index in [0.717, 1.165) is 75.5 Å². The minimum absolute atomic E-state index is 0.0840. The minimum Gasteiger partial charge on any atom is -0.489 e. The summed E-state index contributed by atoms with van der Waals surface area (Å²) in [5.74, 6) is 0.704. The molecule has 2 heterocycles. The zero-order valence-corrected chi connectivity index (χ0v) is 30.9. The molecule has 0 radical (unpaired) electrons. The molecule has 0 spiro atoms. The molecule has 0 aromatic heterocycles. The molecule has 268 valence electrons. The molecule has 1 N–H and O–H groups in total. The van der Waals surface area contributed by atoms with Crippen LogP contribution in [-0.2, 0) is 16.1 Å². The number of carbonyl (C=O) groups excluding carboxylic acids is 2. The van der Waals surface area contributed by atoms with Gasteiger partial charge < -0.3 is 24.2 Å². The summed E-state index contributed by atoms with van der Waals surface area (Å²) < 4.78 is 17.1. The molecular formula is C40H62N2O6. The molecule has 8 nitrogen and oxygen atoms in total. The third-order valence-electron chi connectivity index (χ3n) is 8.70. The number of carbonyl (C=O) groups is 2. The third-order valence-corrected chi connectivity index (χ3v) is 8.70. The Morgan fingerprint density at radius 2 is 1.42 bits per heavy atom. The Kier molecular flexibility index (Phi) is 15.1. The second-order valence-corrected chi connectivity index (χ2v) is 15.2. The Bertz CT molecular complexity index is 1250. The van der Waals surface area contributed by atoms with E-state index in [1.54, 1.807) is 4.90 Å². The quantitative estimate of drug-likeness (QED) is 0.287. The van der Waals surface area contributed by atoms with E-state index in [1.165, 1.54) is 6.42 Å². The van der Waals surface area contributed by atoms with E-state index in [1.807, 2.05) is 101 Å². The molecule has 48 heavy (non-hydrogen) atoms. The Balaban J connectivity index is 0.000000328. The van der Waals surface area contributed by atoms with E-state index in [2.05, 4.69) is 13.8 Å². The average molecular weight is 667 g/mol. The third kappa shape index (κ3) is 12.6. The fourth-order valence-electron chi connectivity index (χ4n) is 6.58. The van der Waals surface area contributed by atoms with Crippen molar-refractivity contribution >= 4 is 12.2 Å². The number of piperidine rings is 2. The van der Waals surface area contributed by atoms with Crippen LogP contribution in [0.25, 0.3) is 0 Å². The number of likely N-dealkylation sites (tertiary alicyclic amines) is 2. The second kappa shape index (κ2) is 18.5. The highest BCUT2D eigenvalue weighted by atomic mass is 16.6. The Morgan fingerprint density at radius 1 is 0.792 bits per heavy atom. The standard InChI is InChI=1S/C27H37NO4.C13H25NO2/c1-5-11-22-15-10-17-24(28(22)26(30)32-27(2,3)4)25(29)21-14-9-16-23(18-21)31-19-20-12-7-6-8-13-20;1-5-8-11-9-6-7-10-14(11)12(15)16-13(2,3)4/h6-9,12-14,16,18,22,24-25,29H,5,10-11,15,17,19H2,1-4H3;11H,5-10H2,1-4H3/t22-,24+,25+;11-/m00/s1. The van der Waals surface area contributed by atoms with Crippen LogP contribution in [0.2, 0.25) is 0 Å². The molecule has 4 rings (SSSR count). The van der Waals surface area contributed by atoms with E-state index in [4.69, 9.17) is 14.2 Å². The van der Waals surface area contributed by atoms with Crippen LogP contribution in [0.15, 0.2) is 54.6 Å². The van der Waals surface area contributed by atoms with Gasteiger partial charge in [0.1, 0.15) is 23.6 Å². The Hall–Kier alpha value is -3.26. The number of hydrogen-bond acceptors (Lipinski definition) is 6. The van der Waals surface area contributed by atoms with Gasteiger partial charge in [0.15, 0.2) is 0 Å².